The van der Waals surface area contributed by atoms with Gasteiger partial charge in [-0.25, -0.2) is 0 Å². The van der Waals surface area contributed by atoms with Crippen molar-refractivity contribution in [3.05, 3.63) is 54.1 Å². The first-order chi connectivity index (χ1) is 15.0. The lowest BCUT2D eigenvalue weighted by Gasteiger charge is -2.34. The largest absolute Gasteiger partial charge is 0.496 e. The molecule has 1 N–H and O–H groups in total. The second-order valence-electron chi connectivity index (χ2n) is 9.71. The lowest BCUT2D eigenvalue weighted by atomic mass is 9.86. The predicted molar refractivity (Wildman–Crippen MR) is 131 cm³/mol. The summed E-state index contributed by atoms with van der Waals surface area (Å²) in [6, 6.07) is 14.9. The van der Waals surface area contributed by atoms with Gasteiger partial charge in [0.25, 0.3) is 0 Å². The molecule has 2 aromatic rings. The highest BCUT2D eigenvalue weighted by Gasteiger charge is 2.28. The van der Waals surface area contributed by atoms with Gasteiger partial charge in [0, 0.05) is 23.4 Å². The van der Waals surface area contributed by atoms with E-state index in [0.717, 1.165) is 29.4 Å². The molecule has 0 spiro atoms. The molecular weight excluding hydrogens is 382 g/mol. The van der Waals surface area contributed by atoms with Crippen LogP contribution < -0.4 is 10.1 Å². The van der Waals surface area contributed by atoms with Crippen LogP contribution in [0.4, 0.5) is 5.69 Å². The molecule has 1 heterocycles. The van der Waals surface area contributed by atoms with Crippen LogP contribution in [0.25, 0.3) is 16.7 Å². The molecule has 166 valence electrons. The highest BCUT2D eigenvalue weighted by molar-refractivity contribution is 5.86. The van der Waals surface area contributed by atoms with E-state index >= 15 is 0 Å². The van der Waals surface area contributed by atoms with Crippen molar-refractivity contribution in [2.24, 2.45) is 5.92 Å². The Morgan fingerprint density at radius 2 is 1.81 bits per heavy atom. The number of fused-ring (bicyclic) bond motifs is 1. The molecular formula is C28H37NO2. The summed E-state index contributed by atoms with van der Waals surface area (Å²) in [6.07, 6.45) is 10.5. The van der Waals surface area contributed by atoms with Crippen LogP contribution in [0, 0.1) is 5.92 Å². The van der Waals surface area contributed by atoms with Crippen molar-refractivity contribution >= 4 is 11.3 Å². The Kier molecular flexibility index (Phi) is 6.71. The van der Waals surface area contributed by atoms with Crippen LogP contribution in [0.3, 0.4) is 0 Å². The normalized spacial score (nSPS) is 19.2. The Hall–Kier alpha value is -2.26. The monoisotopic (exact) mass is 419 g/mol. The topological polar surface area (TPSA) is 30.5 Å². The van der Waals surface area contributed by atoms with E-state index in [-0.39, 0.29) is 11.6 Å². The average molecular weight is 420 g/mol. The number of methoxy groups -OCH3 is 1. The Bertz CT molecular complexity index is 924. The molecule has 0 bridgehead atoms. The van der Waals surface area contributed by atoms with E-state index < -0.39 is 0 Å². The van der Waals surface area contributed by atoms with E-state index in [1.54, 1.807) is 7.11 Å². The van der Waals surface area contributed by atoms with Crippen molar-refractivity contribution in [3.63, 3.8) is 0 Å². The van der Waals surface area contributed by atoms with Crippen LogP contribution in [0.2, 0.25) is 0 Å². The van der Waals surface area contributed by atoms with Crippen LogP contribution in [0.5, 0.6) is 5.75 Å². The van der Waals surface area contributed by atoms with Gasteiger partial charge in [0.15, 0.2) is 0 Å². The Morgan fingerprint density at radius 3 is 2.58 bits per heavy atom. The molecule has 1 unspecified atom stereocenters. The van der Waals surface area contributed by atoms with Crippen molar-refractivity contribution in [2.75, 3.05) is 19.0 Å². The molecule has 4 rings (SSSR count). The van der Waals surface area contributed by atoms with E-state index in [0.29, 0.717) is 0 Å². The second-order valence-corrected chi connectivity index (χ2v) is 9.71. The number of ether oxygens (including phenoxy) is 2. The minimum absolute atomic E-state index is 0.0663. The first-order valence-electron chi connectivity index (χ1n) is 11.9. The minimum Gasteiger partial charge on any atom is -0.496 e. The number of anilines is 1. The van der Waals surface area contributed by atoms with E-state index in [1.165, 1.54) is 55.3 Å². The maximum atomic E-state index is 6.40. The van der Waals surface area contributed by atoms with Gasteiger partial charge < -0.3 is 14.8 Å². The molecule has 0 amide bonds. The fourth-order valence-electron chi connectivity index (χ4n) is 5.11. The van der Waals surface area contributed by atoms with E-state index in [4.69, 9.17) is 9.47 Å². The standard InChI is InChI=1S/C28H37NO2/c1-20(31-17-16-21-10-6-5-7-11-21)25-19-28(2,3)29-26-15-14-22(18-24(25)26)23-12-8-9-13-27(23)30-4/h8-9,12-15,18-21,29H,5-7,10-11,16-17H2,1-4H3. The predicted octanol–water partition coefficient (Wildman–Crippen LogP) is 7.33. The summed E-state index contributed by atoms with van der Waals surface area (Å²) in [5.41, 5.74) is 5.85. The Labute approximate surface area is 187 Å². The molecule has 3 nitrogen and oxygen atoms in total. The maximum absolute atomic E-state index is 6.40. The maximum Gasteiger partial charge on any atom is 0.126 e. The second kappa shape index (κ2) is 9.48. The molecule has 3 heteroatoms. The molecule has 2 aliphatic rings. The summed E-state index contributed by atoms with van der Waals surface area (Å²) in [4.78, 5) is 0. The average Bonchev–Trinajstić information content (AvgIpc) is 2.78. The summed E-state index contributed by atoms with van der Waals surface area (Å²) in [7, 11) is 1.73. The fraction of sp³-hybridized carbons (Fsp3) is 0.500. The smallest absolute Gasteiger partial charge is 0.126 e. The highest BCUT2D eigenvalue weighted by atomic mass is 16.5. The molecule has 1 saturated carbocycles. The van der Waals surface area contributed by atoms with Gasteiger partial charge >= 0.3 is 0 Å². The molecule has 2 aromatic carbocycles. The number of para-hydroxylation sites is 1. The van der Waals surface area contributed by atoms with Crippen molar-refractivity contribution in [1.29, 1.82) is 0 Å². The molecule has 0 radical (unpaired) electrons. The summed E-state index contributed by atoms with van der Waals surface area (Å²) < 4.78 is 12.0. The molecule has 0 saturated heterocycles. The first-order valence-corrected chi connectivity index (χ1v) is 11.9. The molecule has 1 atom stereocenters. The van der Waals surface area contributed by atoms with Crippen LogP contribution in [-0.2, 0) is 4.74 Å². The Balaban J connectivity index is 1.57. The number of hydrogen-bond donors (Lipinski definition) is 1. The van der Waals surface area contributed by atoms with Crippen LogP contribution in [0.15, 0.2) is 48.5 Å². The number of rotatable bonds is 7. The SMILES string of the molecule is COc1ccccc1-c1ccc2c(c1)C(C(C)OCCC1CCCCC1)=CC(C)(C)N2. The van der Waals surface area contributed by atoms with Gasteiger partial charge in [-0.3, -0.25) is 0 Å². The molecule has 1 fully saturated rings. The summed E-state index contributed by atoms with van der Waals surface area (Å²) >= 11 is 0. The lowest BCUT2D eigenvalue weighted by Crippen LogP contribution is -2.33. The van der Waals surface area contributed by atoms with E-state index in [1.807, 2.05) is 12.1 Å². The van der Waals surface area contributed by atoms with Crippen LogP contribution in [-0.4, -0.2) is 25.4 Å². The fourth-order valence-corrected chi connectivity index (χ4v) is 5.11. The highest BCUT2D eigenvalue weighted by Crippen LogP contribution is 2.40. The van der Waals surface area contributed by atoms with Gasteiger partial charge in [-0.2, -0.15) is 0 Å². The zero-order valence-electron chi connectivity index (χ0n) is 19.5. The van der Waals surface area contributed by atoms with Gasteiger partial charge in [0.05, 0.1) is 18.8 Å². The van der Waals surface area contributed by atoms with E-state index in [2.05, 4.69) is 62.5 Å². The zero-order valence-corrected chi connectivity index (χ0v) is 19.5. The summed E-state index contributed by atoms with van der Waals surface area (Å²) in [6.45, 7) is 7.49. The van der Waals surface area contributed by atoms with Gasteiger partial charge in [0.1, 0.15) is 5.75 Å². The molecule has 1 aliphatic heterocycles. The van der Waals surface area contributed by atoms with Crippen molar-refractivity contribution in [2.45, 2.75) is 70.9 Å². The third kappa shape index (κ3) is 5.15. The number of nitrogens with one attached hydrogen (secondary N) is 1. The third-order valence-electron chi connectivity index (χ3n) is 6.78. The number of hydrogen-bond acceptors (Lipinski definition) is 3. The quantitative estimate of drug-likeness (QED) is 0.510. The van der Waals surface area contributed by atoms with Gasteiger partial charge in [-0.05, 0) is 62.4 Å². The van der Waals surface area contributed by atoms with Gasteiger partial charge in [-0.15, -0.1) is 0 Å². The van der Waals surface area contributed by atoms with Crippen molar-refractivity contribution < 1.29 is 9.47 Å². The molecule has 31 heavy (non-hydrogen) atoms. The lowest BCUT2D eigenvalue weighted by molar-refractivity contribution is 0.0866. The van der Waals surface area contributed by atoms with Gasteiger partial charge in [-0.1, -0.05) is 62.4 Å². The summed E-state index contributed by atoms with van der Waals surface area (Å²) in [5, 5.41) is 3.67. The minimum atomic E-state index is -0.102. The van der Waals surface area contributed by atoms with Gasteiger partial charge in [0.2, 0.25) is 0 Å². The van der Waals surface area contributed by atoms with E-state index in [9.17, 15) is 0 Å². The summed E-state index contributed by atoms with van der Waals surface area (Å²) in [5.74, 6) is 1.75. The van der Waals surface area contributed by atoms with Crippen LogP contribution in [0.1, 0.15) is 64.9 Å². The molecule has 0 aromatic heterocycles. The molecule has 1 aliphatic carbocycles. The first kappa shape index (κ1) is 22.0. The Morgan fingerprint density at radius 1 is 1.03 bits per heavy atom. The van der Waals surface area contributed by atoms with Crippen molar-refractivity contribution in [1.82, 2.24) is 0 Å². The zero-order chi connectivity index (χ0) is 21.8. The third-order valence-corrected chi connectivity index (χ3v) is 6.78. The van der Waals surface area contributed by atoms with Crippen LogP contribution >= 0.6 is 0 Å². The van der Waals surface area contributed by atoms with Crippen molar-refractivity contribution in [3.8, 4) is 16.9 Å². The number of benzene rings is 2.